The van der Waals surface area contributed by atoms with Crippen LogP contribution in [-0.2, 0) is 0 Å². The van der Waals surface area contributed by atoms with Gasteiger partial charge < -0.3 is 14.2 Å². The fourth-order valence-corrected chi connectivity index (χ4v) is 1.71. The fourth-order valence-electron chi connectivity index (χ4n) is 1.71. The molecule has 0 spiro atoms. The number of hydrogen-bond acceptors (Lipinski definition) is 6. The molecular weight excluding hydrogens is 328 g/mol. The van der Waals surface area contributed by atoms with Gasteiger partial charge in [0, 0.05) is 18.2 Å². The Balaban J connectivity index is 2.05. The summed E-state index contributed by atoms with van der Waals surface area (Å²) in [5.41, 5.74) is 0.334. The highest BCUT2D eigenvalue weighted by atomic mass is 19.3. The predicted molar refractivity (Wildman–Crippen MR) is 77.6 cm³/mol. The van der Waals surface area contributed by atoms with Crippen molar-refractivity contribution in [2.75, 3.05) is 0 Å². The van der Waals surface area contributed by atoms with Gasteiger partial charge in [-0.15, -0.1) is 0 Å². The van der Waals surface area contributed by atoms with E-state index in [2.05, 4.69) is 4.74 Å². The Hall–Kier alpha value is -3.23. The number of halogens is 2. The largest absolute Gasteiger partial charge is 0.519 e. The number of nitrogens with zero attached hydrogens (tertiary/aromatic N) is 1. The molecule has 0 saturated heterocycles. The van der Waals surface area contributed by atoms with Crippen molar-refractivity contribution in [3.05, 3.63) is 58.1 Å². The Morgan fingerprint density at radius 1 is 1.08 bits per heavy atom. The van der Waals surface area contributed by atoms with E-state index in [0.29, 0.717) is 5.56 Å². The molecule has 24 heavy (non-hydrogen) atoms. The van der Waals surface area contributed by atoms with Gasteiger partial charge in [0.25, 0.3) is 5.69 Å². The van der Waals surface area contributed by atoms with Gasteiger partial charge in [-0.2, -0.15) is 8.78 Å². The molecular formula is C15H11F2NO6. The number of aryl methyl sites for hydroxylation is 1. The molecule has 7 nitrogen and oxygen atoms in total. The molecule has 2 rings (SSSR count). The average Bonchev–Trinajstić information content (AvgIpc) is 2.50. The van der Waals surface area contributed by atoms with Crippen molar-refractivity contribution in [3.8, 4) is 17.2 Å². The summed E-state index contributed by atoms with van der Waals surface area (Å²) in [5, 5.41) is 10.5. The highest BCUT2D eigenvalue weighted by Gasteiger charge is 2.13. The van der Waals surface area contributed by atoms with Gasteiger partial charge in [0.2, 0.25) is 0 Å². The van der Waals surface area contributed by atoms with Crippen LogP contribution in [0.15, 0.2) is 42.5 Å². The first-order valence-corrected chi connectivity index (χ1v) is 6.55. The number of hydrogen-bond donors (Lipinski definition) is 0. The van der Waals surface area contributed by atoms with Crippen LogP contribution < -0.4 is 14.2 Å². The summed E-state index contributed by atoms with van der Waals surface area (Å²) >= 11 is 0. The minimum absolute atomic E-state index is 0.0138. The van der Waals surface area contributed by atoms with Crippen molar-refractivity contribution in [1.82, 2.24) is 0 Å². The topological polar surface area (TPSA) is 87.9 Å². The Kier molecular flexibility index (Phi) is 5.25. The second-order valence-corrected chi connectivity index (χ2v) is 4.51. The summed E-state index contributed by atoms with van der Waals surface area (Å²) in [5.74, 6) is -0.156. The number of non-ortho nitro benzene ring substituents is 1. The van der Waals surface area contributed by atoms with Crippen molar-refractivity contribution in [3.63, 3.8) is 0 Å². The molecule has 0 saturated carbocycles. The minimum atomic E-state index is -3.01. The number of nitro groups is 1. The van der Waals surface area contributed by atoms with Gasteiger partial charge in [-0.3, -0.25) is 10.1 Å². The molecule has 0 unspecified atom stereocenters. The maximum atomic E-state index is 12.2. The molecule has 0 aliphatic rings. The summed E-state index contributed by atoms with van der Waals surface area (Å²) in [6.07, 6.45) is -1.12. The fraction of sp³-hybridized carbons (Fsp3) is 0.133. The van der Waals surface area contributed by atoms with Gasteiger partial charge in [-0.1, -0.05) is 6.07 Å². The van der Waals surface area contributed by atoms with Crippen LogP contribution in [0, 0.1) is 17.0 Å². The number of nitro benzene ring substituents is 1. The third-order valence-electron chi connectivity index (χ3n) is 2.83. The molecule has 2 aromatic rings. The summed E-state index contributed by atoms with van der Waals surface area (Å²) in [4.78, 5) is 21.7. The first-order chi connectivity index (χ1) is 11.3. The number of ether oxygens (including phenoxy) is 3. The van der Waals surface area contributed by atoms with Gasteiger partial charge >= 0.3 is 12.8 Å². The van der Waals surface area contributed by atoms with Crippen LogP contribution >= 0.6 is 0 Å². The molecule has 0 atom stereocenters. The highest BCUT2D eigenvalue weighted by molar-refractivity contribution is 5.68. The minimum Gasteiger partial charge on any atom is -0.435 e. The predicted octanol–water partition coefficient (Wildman–Crippen LogP) is 4.08. The van der Waals surface area contributed by atoms with E-state index < -0.39 is 17.7 Å². The third-order valence-corrected chi connectivity index (χ3v) is 2.83. The van der Waals surface area contributed by atoms with E-state index in [1.54, 1.807) is 6.92 Å². The lowest BCUT2D eigenvalue weighted by atomic mass is 10.2. The molecule has 126 valence electrons. The van der Waals surface area contributed by atoms with E-state index in [1.165, 1.54) is 24.3 Å². The zero-order valence-electron chi connectivity index (χ0n) is 12.3. The molecule has 0 heterocycles. The number of benzene rings is 2. The van der Waals surface area contributed by atoms with Gasteiger partial charge in [-0.05, 0) is 30.7 Å². The van der Waals surface area contributed by atoms with Crippen molar-refractivity contribution >= 4 is 11.8 Å². The molecule has 9 heteroatoms. The molecule has 0 aliphatic heterocycles. The monoisotopic (exact) mass is 339 g/mol. The zero-order chi connectivity index (χ0) is 17.7. The van der Waals surface area contributed by atoms with E-state index in [9.17, 15) is 23.7 Å². The number of carbonyl (C=O) groups is 1. The third kappa shape index (κ3) is 4.63. The van der Waals surface area contributed by atoms with Gasteiger partial charge in [-0.25, -0.2) is 4.79 Å². The van der Waals surface area contributed by atoms with Crippen LogP contribution in [0.1, 0.15) is 5.56 Å². The zero-order valence-corrected chi connectivity index (χ0v) is 12.3. The molecule has 0 N–H and O–H groups in total. The quantitative estimate of drug-likeness (QED) is 0.353. The summed E-state index contributed by atoms with van der Waals surface area (Å²) in [6.45, 7) is -1.41. The van der Waals surface area contributed by atoms with Crippen molar-refractivity contribution in [1.29, 1.82) is 0 Å². The first kappa shape index (κ1) is 17.1. The molecule has 0 aromatic heterocycles. The maximum Gasteiger partial charge on any atom is 0.519 e. The molecule has 0 radical (unpaired) electrons. The Morgan fingerprint density at radius 2 is 1.71 bits per heavy atom. The SMILES string of the molecule is Cc1ccc(OC(F)F)cc1OC(=O)Oc1ccc([N+](=O)[O-])cc1. The summed E-state index contributed by atoms with van der Waals surface area (Å²) < 4.78 is 38.4. The van der Waals surface area contributed by atoms with Crippen LogP contribution in [-0.4, -0.2) is 17.7 Å². The smallest absolute Gasteiger partial charge is 0.435 e. The van der Waals surface area contributed by atoms with Gasteiger partial charge in [0.1, 0.15) is 17.2 Å². The Labute approximate surface area is 134 Å². The maximum absolute atomic E-state index is 12.2. The second kappa shape index (κ2) is 7.36. The van der Waals surface area contributed by atoms with E-state index in [-0.39, 0.29) is 22.9 Å². The lowest BCUT2D eigenvalue weighted by Crippen LogP contribution is -2.14. The lowest BCUT2D eigenvalue weighted by Gasteiger charge is -2.10. The van der Waals surface area contributed by atoms with E-state index in [4.69, 9.17) is 9.47 Å². The molecule has 0 amide bonds. The number of carbonyl (C=O) groups excluding carboxylic acids is 1. The standard InChI is InChI=1S/C15H11F2NO6/c1-9-2-5-12(22-14(16)17)8-13(9)24-15(19)23-11-6-3-10(4-7-11)18(20)21/h2-8,14H,1H3. The normalized spacial score (nSPS) is 10.3. The number of rotatable bonds is 5. The highest BCUT2D eigenvalue weighted by Crippen LogP contribution is 2.26. The molecule has 0 aliphatic carbocycles. The van der Waals surface area contributed by atoms with E-state index in [1.807, 2.05) is 0 Å². The van der Waals surface area contributed by atoms with Crippen LogP contribution in [0.25, 0.3) is 0 Å². The van der Waals surface area contributed by atoms with Crippen molar-refractivity contribution in [2.24, 2.45) is 0 Å². The average molecular weight is 339 g/mol. The van der Waals surface area contributed by atoms with Crippen molar-refractivity contribution < 1.29 is 32.7 Å². The second-order valence-electron chi connectivity index (χ2n) is 4.51. The Bertz CT molecular complexity index is 748. The molecule has 2 aromatic carbocycles. The van der Waals surface area contributed by atoms with Crippen LogP contribution in [0.5, 0.6) is 17.2 Å². The van der Waals surface area contributed by atoms with Crippen LogP contribution in [0.4, 0.5) is 19.3 Å². The van der Waals surface area contributed by atoms with Gasteiger partial charge in [0.05, 0.1) is 4.92 Å². The summed E-state index contributed by atoms with van der Waals surface area (Å²) in [6, 6.07) is 8.63. The van der Waals surface area contributed by atoms with Crippen molar-refractivity contribution in [2.45, 2.75) is 13.5 Å². The molecule has 0 fully saturated rings. The lowest BCUT2D eigenvalue weighted by molar-refractivity contribution is -0.384. The number of alkyl halides is 2. The first-order valence-electron chi connectivity index (χ1n) is 6.55. The van der Waals surface area contributed by atoms with Crippen LogP contribution in [0.3, 0.4) is 0 Å². The molecule has 0 bridgehead atoms. The van der Waals surface area contributed by atoms with Gasteiger partial charge in [0.15, 0.2) is 0 Å². The van der Waals surface area contributed by atoms with E-state index >= 15 is 0 Å². The Morgan fingerprint density at radius 3 is 2.29 bits per heavy atom. The van der Waals surface area contributed by atoms with Crippen LogP contribution in [0.2, 0.25) is 0 Å². The van der Waals surface area contributed by atoms with E-state index in [0.717, 1.165) is 18.2 Å². The summed E-state index contributed by atoms with van der Waals surface area (Å²) in [7, 11) is 0.